The summed E-state index contributed by atoms with van der Waals surface area (Å²) in [6.07, 6.45) is 4.89. The second-order valence-electron chi connectivity index (χ2n) is 6.21. The summed E-state index contributed by atoms with van der Waals surface area (Å²) in [5.41, 5.74) is 1.19. The third-order valence-electron chi connectivity index (χ3n) is 4.79. The van der Waals surface area contributed by atoms with Crippen molar-refractivity contribution in [3.63, 3.8) is 0 Å². The number of halogens is 1. The number of rotatable bonds is 2. The van der Waals surface area contributed by atoms with Crippen LogP contribution in [-0.4, -0.2) is 45.8 Å². The first-order valence-electron chi connectivity index (χ1n) is 8.07. The lowest BCUT2D eigenvalue weighted by Crippen LogP contribution is -2.42. The average molecular weight is 314 g/mol. The molecule has 1 N–H and O–H groups in total. The fourth-order valence-corrected chi connectivity index (χ4v) is 3.62. The summed E-state index contributed by atoms with van der Waals surface area (Å²) < 4.78 is 14.6. The van der Waals surface area contributed by atoms with Gasteiger partial charge in [-0.25, -0.2) is 9.07 Å². The highest BCUT2D eigenvalue weighted by atomic mass is 19.1. The lowest BCUT2D eigenvalue weighted by Gasteiger charge is -2.27. The molecular weight excluding hydrogens is 295 g/mol. The van der Waals surface area contributed by atoms with Crippen LogP contribution in [0.2, 0.25) is 0 Å². The van der Waals surface area contributed by atoms with E-state index in [1.807, 2.05) is 4.90 Å². The zero-order valence-electron chi connectivity index (χ0n) is 12.8. The number of carbonyl (C=O) groups excluding carboxylic acids is 1. The van der Waals surface area contributed by atoms with Gasteiger partial charge in [0.15, 0.2) is 5.69 Å². The molecule has 1 aromatic heterocycles. The fourth-order valence-electron chi connectivity index (χ4n) is 3.62. The van der Waals surface area contributed by atoms with Gasteiger partial charge < -0.3 is 10.2 Å². The van der Waals surface area contributed by atoms with Gasteiger partial charge in [-0.2, -0.15) is 5.10 Å². The Kier molecular flexibility index (Phi) is 3.61. The molecule has 2 fully saturated rings. The summed E-state index contributed by atoms with van der Waals surface area (Å²) in [6.45, 7) is 1.83. The van der Waals surface area contributed by atoms with E-state index in [0.717, 1.165) is 38.0 Å². The van der Waals surface area contributed by atoms with Gasteiger partial charge >= 0.3 is 0 Å². The summed E-state index contributed by atoms with van der Waals surface area (Å²) in [7, 11) is 0. The largest absolute Gasteiger partial charge is 0.330 e. The maximum Gasteiger partial charge on any atom is 0.274 e. The van der Waals surface area contributed by atoms with Gasteiger partial charge in [0.05, 0.1) is 5.69 Å². The zero-order valence-corrected chi connectivity index (χ0v) is 12.8. The summed E-state index contributed by atoms with van der Waals surface area (Å²) in [5, 5.41) is 7.79. The van der Waals surface area contributed by atoms with Crippen LogP contribution < -0.4 is 5.32 Å². The first-order chi connectivity index (χ1) is 11.2. The number of nitrogens with one attached hydrogen (secondary N) is 1. The predicted octanol–water partition coefficient (Wildman–Crippen LogP) is 1.98. The summed E-state index contributed by atoms with van der Waals surface area (Å²) in [4.78, 5) is 14.9. The third-order valence-corrected chi connectivity index (χ3v) is 4.79. The topological polar surface area (TPSA) is 50.2 Å². The molecule has 120 valence electrons. The first-order valence-corrected chi connectivity index (χ1v) is 8.07. The highest BCUT2D eigenvalue weighted by Crippen LogP contribution is 2.29. The number of amides is 1. The van der Waals surface area contributed by atoms with E-state index in [9.17, 15) is 9.18 Å². The van der Waals surface area contributed by atoms with Crippen LogP contribution in [0.25, 0.3) is 5.69 Å². The molecule has 2 aromatic rings. The third kappa shape index (κ3) is 2.63. The van der Waals surface area contributed by atoms with Gasteiger partial charge in [-0.15, -0.1) is 0 Å². The van der Waals surface area contributed by atoms with Crippen molar-refractivity contribution in [2.24, 2.45) is 0 Å². The molecule has 4 rings (SSSR count). The van der Waals surface area contributed by atoms with Gasteiger partial charge in [0, 0.05) is 24.8 Å². The van der Waals surface area contributed by atoms with Gasteiger partial charge in [0.2, 0.25) is 0 Å². The van der Waals surface area contributed by atoms with Crippen molar-refractivity contribution in [3.8, 4) is 5.69 Å². The van der Waals surface area contributed by atoms with Gasteiger partial charge in [0.25, 0.3) is 5.91 Å². The monoisotopic (exact) mass is 314 g/mol. The van der Waals surface area contributed by atoms with Crippen LogP contribution in [0.1, 0.15) is 29.8 Å². The Bertz CT molecular complexity index is 698. The molecule has 6 heteroatoms. The predicted molar refractivity (Wildman–Crippen MR) is 84.0 cm³/mol. The number of aromatic nitrogens is 2. The highest BCUT2D eigenvalue weighted by molar-refractivity contribution is 5.93. The molecule has 2 aliphatic heterocycles. The molecule has 2 aliphatic rings. The maximum atomic E-state index is 13.0. The molecular formula is C17H19FN4O. The van der Waals surface area contributed by atoms with E-state index >= 15 is 0 Å². The van der Waals surface area contributed by atoms with Gasteiger partial charge in [-0.1, -0.05) is 0 Å². The molecule has 2 saturated heterocycles. The van der Waals surface area contributed by atoms with Crippen LogP contribution in [0.15, 0.2) is 36.5 Å². The number of hydrogen-bond acceptors (Lipinski definition) is 3. The quantitative estimate of drug-likeness (QED) is 0.922. The Balaban J connectivity index is 1.59. The smallest absolute Gasteiger partial charge is 0.274 e. The molecule has 2 bridgehead atoms. The molecule has 0 spiro atoms. The number of fused-ring (bicyclic) bond motifs is 2. The van der Waals surface area contributed by atoms with E-state index in [1.54, 1.807) is 29.1 Å². The Morgan fingerprint density at radius 2 is 1.91 bits per heavy atom. The molecule has 23 heavy (non-hydrogen) atoms. The summed E-state index contributed by atoms with van der Waals surface area (Å²) >= 11 is 0. The van der Waals surface area contributed by atoms with Crippen molar-refractivity contribution < 1.29 is 9.18 Å². The maximum absolute atomic E-state index is 13.0. The van der Waals surface area contributed by atoms with Gasteiger partial charge in [0.1, 0.15) is 5.82 Å². The molecule has 3 heterocycles. The van der Waals surface area contributed by atoms with Crippen LogP contribution in [0.3, 0.4) is 0 Å². The Hall–Kier alpha value is -2.21. The number of nitrogens with zero attached hydrogens (tertiary/aromatic N) is 3. The Labute approximate surface area is 134 Å². The van der Waals surface area contributed by atoms with Crippen LogP contribution in [-0.2, 0) is 0 Å². The highest BCUT2D eigenvalue weighted by Gasteiger charge is 2.38. The summed E-state index contributed by atoms with van der Waals surface area (Å²) in [5.74, 6) is -0.284. The van der Waals surface area contributed by atoms with E-state index in [2.05, 4.69) is 10.4 Å². The van der Waals surface area contributed by atoms with Crippen LogP contribution in [0.5, 0.6) is 0 Å². The minimum atomic E-state index is -0.286. The van der Waals surface area contributed by atoms with Crippen LogP contribution >= 0.6 is 0 Å². The van der Waals surface area contributed by atoms with Crippen molar-refractivity contribution in [1.82, 2.24) is 20.0 Å². The van der Waals surface area contributed by atoms with E-state index in [1.165, 1.54) is 12.1 Å². The average Bonchev–Trinajstić information content (AvgIpc) is 3.11. The lowest BCUT2D eigenvalue weighted by molar-refractivity contribution is 0.0673. The van der Waals surface area contributed by atoms with Crippen molar-refractivity contribution in [1.29, 1.82) is 0 Å². The lowest BCUT2D eigenvalue weighted by atomic mass is 10.1. The fraction of sp³-hybridized carbons (Fsp3) is 0.412. The molecule has 2 atom stereocenters. The summed E-state index contributed by atoms with van der Waals surface area (Å²) in [6, 6.07) is 8.40. The molecule has 2 unspecified atom stereocenters. The van der Waals surface area contributed by atoms with Crippen molar-refractivity contribution in [3.05, 3.63) is 48.0 Å². The first kappa shape index (κ1) is 14.4. The van der Waals surface area contributed by atoms with Crippen molar-refractivity contribution >= 4 is 5.91 Å². The molecule has 1 aromatic carbocycles. The number of carbonyl (C=O) groups is 1. The number of benzene rings is 1. The standard InChI is InChI=1S/C17H19FN4O/c18-12-1-3-13(4-2-12)21-10-8-16(20-21)17(23)22-14-5-6-15(22)11-19-9-7-14/h1-4,8,10,14-15,19H,5-7,9,11H2. The van der Waals surface area contributed by atoms with E-state index in [4.69, 9.17) is 0 Å². The SMILES string of the molecule is O=C(c1ccn(-c2ccc(F)cc2)n1)N1C2CCNCC1CC2. The van der Waals surface area contributed by atoms with E-state index in [0.29, 0.717) is 11.7 Å². The van der Waals surface area contributed by atoms with Gasteiger partial charge in [-0.3, -0.25) is 4.79 Å². The second kappa shape index (κ2) is 5.77. The molecule has 0 saturated carbocycles. The molecule has 5 nitrogen and oxygen atoms in total. The van der Waals surface area contributed by atoms with Crippen molar-refractivity contribution in [2.75, 3.05) is 13.1 Å². The Morgan fingerprint density at radius 3 is 2.74 bits per heavy atom. The van der Waals surface area contributed by atoms with E-state index in [-0.39, 0.29) is 17.8 Å². The van der Waals surface area contributed by atoms with Crippen molar-refractivity contribution in [2.45, 2.75) is 31.3 Å². The van der Waals surface area contributed by atoms with Crippen LogP contribution in [0.4, 0.5) is 4.39 Å². The van der Waals surface area contributed by atoms with Gasteiger partial charge in [-0.05, 0) is 56.1 Å². The molecule has 0 radical (unpaired) electrons. The van der Waals surface area contributed by atoms with Crippen LogP contribution in [0, 0.1) is 5.82 Å². The van der Waals surface area contributed by atoms with E-state index < -0.39 is 0 Å². The minimum Gasteiger partial charge on any atom is -0.330 e. The number of hydrogen-bond donors (Lipinski definition) is 1. The normalized spacial score (nSPS) is 23.8. The zero-order chi connectivity index (χ0) is 15.8. The molecule has 1 amide bonds. The molecule has 0 aliphatic carbocycles. The minimum absolute atomic E-state index is 0.00191. The second-order valence-corrected chi connectivity index (χ2v) is 6.21. The Morgan fingerprint density at radius 1 is 1.13 bits per heavy atom.